The van der Waals surface area contributed by atoms with Gasteiger partial charge >= 0.3 is 0 Å². The Bertz CT molecular complexity index is 746. The standard InChI is InChI=1S/C15H15FN4O2/c1-10-5-13(4-3-11(10)6-17)19-14(21)15(2,22)9-20-8-12(16)7-18-20/h3-5,7-8,22H,9H2,1-2H3,(H,19,21)/t15-/m1/s1. The van der Waals surface area contributed by atoms with Crippen molar-refractivity contribution in [2.24, 2.45) is 0 Å². The number of aryl methyl sites for hydroxylation is 1. The molecule has 2 N–H and O–H groups in total. The number of aliphatic hydroxyl groups is 1. The second-order valence-corrected chi connectivity index (χ2v) is 5.23. The molecule has 22 heavy (non-hydrogen) atoms. The smallest absolute Gasteiger partial charge is 0.257 e. The molecule has 1 atom stereocenters. The van der Waals surface area contributed by atoms with Gasteiger partial charge in [-0.2, -0.15) is 10.4 Å². The van der Waals surface area contributed by atoms with Gasteiger partial charge in [-0.3, -0.25) is 9.48 Å². The van der Waals surface area contributed by atoms with Gasteiger partial charge in [-0.1, -0.05) is 0 Å². The molecule has 1 aromatic carbocycles. The van der Waals surface area contributed by atoms with Gasteiger partial charge in [-0.15, -0.1) is 0 Å². The van der Waals surface area contributed by atoms with Gasteiger partial charge in [0.05, 0.1) is 30.6 Å². The van der Waals surface area contributed by atoms with Crippen molar-refractivity contribution in [3.8, 4) is 6.07 Å². The predicted octanol–water partition coefficient (Wildman–Crippen LogP) is 1.59. The first kappa shape index (κ1) is 15.7. The molecule has 2 rings (SSSR count). The van der Waals surface area contributed by atoms with Crippen LogP contribution in [0.15, 0.2) is 30.6 Å². The first-order valence-corrected chi connectivity index (χ1v) is 6.54. The molecule has 0 fully saturated rings. The van der Waals surface area contributed by atoms with E-state index in [2.05, 4.69) is 10.4 Å². The number of benzene rings is 1. The fraction of sp³-hybridized carbons (Fsp3) is 0.267. The van der Waals surface area contributed by atoms with E-state index in [0.29, 0.717) is 16.8 Å². The van der Waals surface area contributed by atoms with Gasteiger partial charge in [0.1, 0.15) is 0 Å². The first-order valence-electron chi connectivity index (χ1n) is 6.54. The number of nitrogens with zero attached hydrogens (tertiary/aromatic N) is 3. The number of anilines is 1. The number of nitriles is 1. The number of hydrogen-bond acceptors (Lipinski definition) is 4. The summed E-state index contributed by atoms with van der Waals surface area (Å²) in [4.78, 5) is 12.2. The number of carbonyl (C=O) groups is 1. The lowest BCUT2D eigenvalue weighted by Gasteiger charge is -2.22. The van der Waals surface area contributed by atoms with E-state index >= 15 is 0 Å². The Morgan fingerprint density at radius 3 is 2.86 bits per heavy atom. The number of nitrogens with one attached hydrogen (secondary N) is 1. The molecule has 0 aliphatic heterocycles. The lowest BCUT2D eigenvalue weighted by atomic mass is 10.1. The van der Waals surface area contributed by atoms with Crippen molar-refractivity contribution in [2.45, 2.75) is 26.0 Å². The Labute approximate surface area is 126 Å². The Morgan fingerprint density at radius 2 is 2.32 bits per heavy atom. The monoisotopic (exact) mass is 302 g/mol. The van der Waals surface area contributed by atoms with Crippen LogP contribution in [-0.2, 0) is 11.3 Å². The van der Waals surface area contributed by atoms with Crippen LogP contribution in [0.5, 0.6) is 0 Å². The van der Waals surface area contributed by atoms with E-state index in [-0.39, 0.29) is 6.54 Å². The number of carbonyl (C=O) groups excluding carboxylic acids is 1. The predicted molar refractivity (Wildman–Crippen MR) is 77.3 cm³/mol. The van der Waals surface area contributed by atoms with E-state index < -0.39 is 17.3 Å². The molecule has 1 heterocycles. The zero-order valence-corrected chi connectivity index (χ0v) is 12.2. The highest BCUT2D eigenvalue weighted by atomic mass is 19.1. The van der Waals surface area contributed by atoms with Gasteiger partial charge in [0.15, 0.2) is 11.4 Å². The lowest BCUT2D eigenvalue weighted by molar-refractivity contribution is -0.133. The van der Waals surface area contributed by atoms with Crippen molar-refractivity contribution in [1.29, 1.82) is 5.26 Å². The maximum atomic E-state index is 12.9. The van der Waals surface area contributed by atoms with Crippen LogP contribution >= 0.6 is 0 Å². The summed E-state index contributed by atoms with van der Waals surface area (Å²) in [6, 6.07) is 6.83. The molecule has 0 aliphatic rings. The zero-order chi connectivity index (χ0) is 16.3. The number of halogens is 1. The van der Waals surface area contributed by atoms with Gasteiger partial charge in [0.25, 0.3) is 5.91 Å². The minimum Gasteiger partial charge on any atom is -0.378 e. The summed E-state index contributed by atoms with van der Waals surface area (Å²) in [5.41, 5.74) is -0.0698. The fourth-order valence-corrected chi connectivity index (χ4v) is 1.94. The largest absolute Gasteiger partial charge is 0.378 e. The molecule has 7 heteroatoms. The molecule has 0 saturated heterocycles. The fourth-order valence-electron chi connectivity index (χ4n) is 1.94. The van der Waals surface area contributed by atoms with Crippen LogP contribution < -0.4 is 5.32 Å². The molecule has 114 valence electrons. The van der Waals surface area contributed by atoms with Gasteiger partial charge in [-0.05, 0) is 37.6 Å². The van der Waals surface area contributed by atoms with E-state index in [0.717, 1.165) is 17.1 Å². The quantitative estimate of drug-likeness (QED) is 0.897. The van der Waals surface area contributed by atoms with E-state index in [4.69, 9.17) is 5.26 Å². The minimum atomic E-state index is -1.76. The topological polar surface area (TPSA) is 90.9 Å². The van der Waals surface area contributed by atoms with Crippen LogP contribution in [0.3, 0.4) is 0 Å². The van der Waals surface area contributed by atoms with Crippen LogP contribution in [-0.4, -0.2) is 26.4 Å². The Kier molecular flexibility index (Phi) is 4.24. The number of hydrogen-bond donors (Lipinski definition) is 2. The SMILES string of the molecule is Cc1cc(NC(=O)[C@](C)(O)Cn2cc(F)cn2)ccc1C#N. The average Bonchev–Trinajstić information content (AvgIpc) is 2.83. The zero-order valence-electron chi connectivity index (χ0n) is 12.2. The third-order valence-electron chi connectivity index (χ3n) is 3.17. The molecule has 0 radical (unpaired) electrons. The highest BCUT2D eigenvalue weighted by Crippen LogP contribution is 2.17. The average molecular weight is 302 g/mol. The van der Waals surface area contributed by atoms with Gasteiger partial charge in [0.2, 0.25) is 0 Å². The summed E-state index contributed by atoms with van der Waals surface area (Å²) in [5, 5.41) is 25.4. The van der Waals surface area contributed by atoms with Crippen LogP contribution in [0.25, 0.3) is 0 Å². The van der Waals surface area contributed by atoms with Crippen LogP contribution in [0.2, 0.25) is 0 Å². The summed E-state index contributed by atoms with van der Waals surface area (Å²) in [5.74, 6) is -1.19. The molecular formula is C15H15FN4O2. The highest BCUT2D eigenvalue weighted by molar-refractivity contribution is 5.96. The lowest BCUT2D eigenvalue weighted by Crippen LogP contribution is -2.43. The Balaban J connectivity index is 2.10. The van der Waals surface area contributed by atoms with E-state index in [1.807, 2.05) is 6.07 Å². The Morgan fingerprint density at radius 1 is 1.59 bits per heavy atom. The molecule has 0 saturated carbocycles. The molecule has 6 nitrogen and oxygen atoms in total. The van der Waals surface area contributed by atoms with Crippen molar-refractivity contribution < 1.29 is 14.3 Å². The van der Waals surface area contributed by atoms with E-state index in [9.17, 15) is 14.3 Å². The van der Waals surface area contributed by atoms with Crippen molar-refractivity contribution in [3.63, 3.8) is 0 Å². The van der Waals surface area contributed by atoms with Crippen LogP contribution in [0.1, 0.15) is 18.1 Å². The second-order valence-electron chi connectivity index (χ2n) is 5.23. The van der Waals surface area contributed by atoms with Crippen LogP contribution in [0, 0.1) is 24.1 Å². The molecule has 0 spiro atoms. The van der Waals surface area contributed by atoms with E-state index in [1.165, 1.54) is 6.92 Å². The van der Waals surface area contributed by atoms with Crippen molar-refractivity contribution in [3.05, 3.63) is 47.5 Å². The molecular weight excluding hydrogens is 287 g/mol. The van der Waals surface area contributed by atoms with Crippen molar-refractivity contribution in [1.82, 2.24) is 9.78 Å². The molecule has 0 aliphatic carbocycles. The number of amides is 1. The molecule has 1 aromatic heterocycles. The van der Waals surface area contributed by atoms with Crippen LogP contribution in [0.4, 0.5) is 10.1 Å². The summed E-state index contributed by atoms with van der Waals surface area (Å²) < 4.78 is 14.0. The van der Waals surface area contributed by atoms with Gasteiger partial charge in [0, 0.05) is 5.69 Å². The minimum absolute atomic E-state index is 0.183. The molecule has 0 bridgehead atoms. The third-order valence-corrected chi connectivity index (χ3v) is 3.17. The number of rotatable bonds is 4. The van der Waals surface area contributed by atoms with Gasteiger partial charge in [-0.25, -0.2) is 4.39 Å². The maximum Gasteiger partial charge on any atom is 0.257 e. The highest BCUT2D eigenvalue weighted by Gasteiger charge is 2.31. The van der Waals surface area contributed by atoms with Gasteiger partial charge < -0.3 is 10.4 Å². The summed E-state index contributed by atoms with van der Waals surface area (Å²) in [6.45, 7) is 2.88. The second kappa shape index (κ2) is 5.95. The summed E-state index contributed by atoms with van der Waals surface area (Å²) in [7, 11) is 0. The summed E-state index contributed by atoms with van der Waals surface area (Å²) in [6.07, 6.45) is 2.09. The Hall–Kier alpha value is -2.72. The summed E-state index contributed by atoms with van der Waals surface area (Å²) >= 11 is 0. The third kappa shape index (κ3) is 3.48. The molecule has 2 aromatic rings. The normalized spacial score (nSPS) is 13.2. The maximum absolute atomic E-state index is 12.9. The first-order chi connectivity index (χ1) is 10.3. The molecule has 0 unspecified atom stereocenters. The van der Waals surface area contributed by atoms with Crippen molar-refractivity contribution in [2.75, 3.05) is 5.32 Å². The number of aromatic nitrogens is 2. The van der Waals surface area contributed by atoms with Crippen molar-refractivity contribution >= 4 is 11.6 Å². The van der Waals surface area contributed by atoms with E-state index in [1.54, 1.807) is 25.1 Å². The molecule has 1 amide bonds.